The number of aryl methyl sites for hydroxylation is 1. The van der Waals surface area contributed by atoms with E-state index in [1.54, 1.807) is 12.1 Å². The number of methoxy groups -OCH3 is 1. The number of ether oxygens (including phenoxy) is 1. The van der Waals surface area contributed by atoms with Crippen molar-refractivity contribution in [3.8, 4) is 5.88 Å². The second-order valence-corrected chi connectivity index (χ2v) is 7.95. The number of anilines is 1. The Morgan fingerprint density at radius 1 is 1.24 bits per heavy atom. The van der Waals surface area contributed by atoms with Crippen LogP contribution in [0.3, 0.4) is 0 Å². The fraction of sp³-hybridized carbons (Fsp3) is 0.348. The molecule has 7 nitrogen and oxygen atoms in total. The summed E-state index contributed by atoms with van der Waals surface area (Å²) in [6.45, 7) is 1.91. The van der Waals surface area contributed by atoms with Crippen molar-refractivity contribution in [1.82, 2.24) is 20.1 Å². The average molecular weight is 477 g/mol. The van der Waals surface area contributed by atoms with Crippen molar-refractivity contribution in [1.29, 1.82) is 0 Å². The Morgan fingerprint density at radius 3 is 2.59 bits per heavy atom. The van der Waals surface area contributed by atoms with Crippen molar-refractivity contribution in [3.05, 3.63) is 70.8 Å². The molecule has 180 valence electrons. The molecule has 2 atom stereocenters. The van der Waals surface area contributed by atoms with Gasteiger partial charge in [0.25, 0.3) is 5.91 Å². The Kier molecular flexibility index (Phi) is 6.45. The summed E-state index contributed by atoms with van der Waals surface area (Å²) in [4.78, 5) is 16.6. The topological polar surface area (TPSA) is 81.1 Å². The van der Waals surface area contributed by atoms with Gasteiger partial charge in [0.15, 0.2) is 11.9 Å². The number of hydrogen-bond acceptors (Lipinski definition) is 5. The van der Waals surface area contributed by atoms with E-state index in [4.69, 9.17) is 4.74 Å². The van der Waals surface area contributed by atoms with Crippen LogP contribution < -0.4 is 15.4 Å². The molecule has 1 aliphatic heterocycles. The minimum absolute atomic E-state index is 0.0188. The Morgan fingerprint density at radius 2 is 1.97 bits per heavy atom. The van der Waals surface area contributed by atoms with Crippen LogP contribution in [0.15, 0.2) is 42.7 Å². The highest BCUT2D eigenvalue weighted by Crippen LogP contribution is 2.44. The van der Waals surface area contributed by atoms with E-state index in [9.17, 15) is 22.4 Å². The van der Waals surface area contributed by atoms with Gasteiger partial charge < -0.3 is 15.4 Å². The Balaban J connectivity index is 1.58. The van der Waals surface area contributed by atoms with Crippen molar-refractivity contribution in [2.45, 2.75) is 44.6 Å². The molecule has 4 rings (SSSR count). The second kappa shape index (κ2) is 9.32. The highest BCUT2D eigenvalue weighted by Gasteiger charge is 2.47. The lowest BCUT2D eigenvalue weighted by Gasteiger charge is -2.34. The molecule has 0 bridgehead atoms. The third kappa shape index (κ3) is 4.68. The molecule has 0 saturated carbocycles. The van der Waals surface area contributed by atoms with Gasteiger partial charge in [-0.25, -0.2) is 14.1 Å². The summed E-state index contributed by atoms with van der Waals surface area (Å²) in [6.07, 6.45) is -1.56. The zero-order valence-corrected chi connectivity index (χ0v) is 18.5. The molecule has 0 radical (unpaired) electrons. The predicted octanol–water partition coefficient (Wildman–Crippen LogP) is 4.58. The molecule has 0 spiro atoms. The van der Waals surface area contributed by atoms with Crippen LogP contribution in [-0.4, -0.2) is 34.0 Å². The minimum atomic E-state index is -4.55. The van der Waals surface area contributed by atoms with E-state index in [1.165, 1.54) is 13.3 Å². The third-order valence-electron chi connectivity index (χ3n) is 5.78. The maximum atomic E-state index is 13.9. The highest BCUT2D eigenvalue weighted by atomic mass is 19.4. The maximum absolute atomic E-state index is 13.9. The number of rotatable bonds is 6. The lowest BCUT2D eigenvalue weighted by Crippen LogP contribution is -2.36. The Hall–Kier alpha value is -3.63. The standard InChI is InChI=1S/C23H23F4N5O2/c1-3-13-4-6-15(7-5-13)18-9-19(23(25,26)27)32-20(31-18)16(12-30-32)21(33)28-10-14-8-17(24)22(34-2)29-11-14/h4-8,11-12,18-19,31H,3,9-10H2,1-2H3,(H,28,33)/t18-,19+/m1/s1. The molecular formula is C23H23F4N5O2. The summed E-state index contributed by atoms with van der Waals surface area (Å²) >= 11 is 0. The Labute approximate surface area is 193 Å². The number of amides is 1. The van der Waals surface area contributed by atoms with Crippen molar-refractivity contribution >= 4 is 11.7 Å². The van der Waals surface area contributed by atoms with Crippen LogP contribution in [0, 0.1) is 5.82 Å². The van der Waals surface area contributed by atoms with Crippen molar-refractivity contribution in [2.24, 2.45) is 0 Å². The van der Waals surface area contributed by atoms with E-state index >= 15 is 0 Å². The van der Waals surface area contributed by atoms with Gasteiger partial charge in [0.2, 0.25) is 5.88 Å². The molecule has 34 heavy (non-hydrogen) atoms. The number of alkyl halides is 3. The van der Waals surface area contributed by atoms with Gasteiger partial charge >= 0.3 is 6.18 Å². The smallest absolute Gasteiger partial charge is 0.410 e. The summed E-state index contributed by atoms with van der Waals surface area (Å²) < 4.78 is 61.0. The van der Waals surface area contributed by atoms with Gasteiger partial charge in [-0.2, -0.15) is 18.3 Å². The number of hydrogen-bond donors (Lipinski definition) is 2. The van der Waals surface area contributed by atoms with E-state index < -0.39 is 30.0 Å². The average Bonchev–Trinajstić information content (AvgIpc) is 3.25. The maximum Gasteiger partial charge on any atom is 0.410 e. The molecule has 1 aromatic carbocycles. The van der Waals surface area contributed by atoms with E-state index in [1.807, 2.05) is 19.1 Å². The Bertz CT molecular complexity index is 1180. The van der Waals surface area contributed by atoms with Crippen LogP contribution >= 0.6 is 0 Å². The fourth-order valence-electron chi connectivity index (χ4n) is 3.92. The normalized spacial score (nSPS) is 17.6. The monoisotopic (exact) mass is 477 g/mol. The van der Waals surface area contributed by atoms with Gasteiger partial charge in [0.05, 0.1) is 19.3 Å². The summed E-state index contributed by atoms with van der Waals surface area (Å²) in [5.74, 6) is -1.53. The zero-order valence-electron chi connectivity index (χ0n) is 18.5. The molecule has 0 fully saturated rings. The lowest BCUT2D eigenvalue weighted by atomic mass is 9.95. The van der Waals surface area contributed by atoms with Gasteiger partial charge in [0.1, 0.15) is 11.4 Å². The van der Waals surface area contributed by atoms with Crippen LogP contribution in [0.2, 0.25) is 0 Å². The molecular weight excluding hydrogens is 454 g/mol. The first-order valence-electron chi connectivity index (χ1n) is 10.7. The number of fused-ring (bicyclic) bond motifs is 1. The molecule has 1 aliphatic rings. The molecule has 2 aromatic heterocycles. The molecule has 3 heterocycles. The van der Waals surface area contributed by atoms with E-state index in [2.05, 4.69) is 20.7 Å². The summed E-state index contributed by atoms with van der Waals surface area (Å²) in [5, 5.41) is 9.49. The summed E-state index contributed by atoms with van der Waals surface area (Å²) in [6, 6.07) is 5.95. The van der Waals surface area contributed by atoms with Crippen LogP contribution in [0.4, 0.5) is 23.4 Å². The molecule has 0 saturated heterocycles. The second-order valence-electron chi connectivity index (χ2n) is 7.95. The number of carbonyl (C=O) groups is 1. The van der Waals surface area contributed by atoms with Crippen molar-refractivity contribution < 1.29 is 27.1 Å². The van der Waals surface area contributed by atoms with Crippen molar-refractivity contribution in [2.75, 3.05) is 12.4 Å². The first-order chi connectivity index (χ1) is 16.2. The minimum Gasteiger partial charge on any atom is -0.479 e. The number of nitrogens with zero attached hydrogens (tertiary/aromatic N) is 3. The number of pyridine rings is 1. The van der Waals surface area contributed by atoms with Gasteiger partial charge in [0, 0.05) is 19.2 Å². The first kappa shape index (κ1) is 23.5. The lowest BCUT2D eigenvalue weighted by molar-refractivity contribution is -0.173. The number of halogens is 4. The number of nitrogens with one attached hydrogen (secondary N) is 2. The first-order valence-corrected chi connectivity index (χ1v) is 10.7. The summed E-state index contributed by atoms with van der Waals surface area (Å²) in [7, 11) is 1.28. The molecule has 11 heteroatoms. The van der Waals surface area contributed by atoms with Crippen LogP contribution in [0.1, 0.15) is 52.5 Å². The third-order valence-corrected chi connectivity index (χ3v) is 5.78. The van der Waals surface area contributed by atoms with Crippen LogP contribution in [-0.2, 0) is 13.0 Å². The zero-order chi connectivity index (χ0) is 24.5. The molecule has 0 aliphatic carbocycles. The van der Waals surface area contributed by atoms with Gasteiger partial charge in [-0.05, 0) is 29.2 Å². The van der Waals surface area contributed by atoms with Gasteiger partial charge in [-0.1, -0.05) is 31.2 Å². The van der Waals surface area contributed by atoms with E-state index in [-0.39, 0.29) is 30.2 Å². The highest BCUT2D eigenvalue weighted by molar-refractivity contribution is 5.98. The van der Waals surface area contributed by atoms with Crippen molar-refractivity contribution in [3.63, 3.8) is 0 Å². The van der Waals surface area contributed by atoms with Crippen LogP contribution in [0.25, 0.3) is 0 Å². The molecule has 2 N–H and O–H groups in total. The van der Waals surface area contributed by atoms with Crippen LogP contribution in [0.5, 0.6) is 5.88 Å². The number of benzene rings is 1. The van der Waals surface area contributed by atoms with Gasteiger partial charge in [-0.15, -0.1) is 0 Å². The fourth-order valence-corrected chi connectivity index (χ4v) is 3.92. The number of carbonyl (C=O) groups excluding carboxylic acids is 1. The van der Waals surface area contributed by atoms with Gasteiger partial charge in [-0.3, -0.25) is 4.79 Å². The predicted molar refractivity (Wildman–Crippen MR) is 116 cm³/mol. The quantitative estimate of drug-likeness (QED) is 0.508. The van der Waals surface area contributed by atoms with E-state index in [0.717, 1.165) is 28.9 Å². The molecule has 1 amide bonds. The molecule has 0 unspecified atom stereocenters. The molecule has 3 aromatic rings. The largest absolute Gasteiger partial charge is 0.479 e. The summed E-state index contributed by atoms with van der Waals surface area (Å²) in [5.41, 5.74) is 2.08. The number of aromatic nitrogens is 3. The van der Waals surface area contributed by atoms with E-state index in [0.29, 0.717) is 11.1 Å². The SMILES string of the molecule is CCc1ccc([C@H]2C[C@@H](C(F)(F)F)n3ncc(C(=O)NCc4cnc(OC)c(F)c4)c3N2)cc1.